The van der Waals surface area contributed by atoms with Crippen LogP contribution in [-0.2, 0) is 33.2 Å². The van der Waals surface area contributed by atoms with Crippen LogP contribution in [0.3, 0.4) is 0 Å². The number of aliphatic hydroxyl groups is 2. The molecule has 1 amide bonds. The van der Waals surface area contributed by atoms with Gasteiger partial charge < -0.3 is 10.2 Å². The van der Waals surface area contributed by atoms with Gasteiger partial charge in [-0.1, -0.05) is 27.7 Å². The lowest BCUT2D eigenvalue weighted by molar-refractivity contribution is -0.117. The van der Waals surface area contributed by atoms with Crippen LogP contribution in [0.15, 0.2) is 20.7 Å². The fourth-order valence-corrected chi connectivity index (χ4v) is 6.09. The van der Waals surface area contributed by atoms with Crippen LogP contribution in [0.5, 0.6) is 0 Å². The molecule has 0 saturated carbocycles. The van der Waals surface area contributed by atoms with E-state index in [4.69, 9.17) is 5.14 Å². The van der Waals surface area contributed by atoms with E-state index >= 15 is 0 Å². The highest BCUT2D eigenvalue weighted by molar-refractivity contribution is 7.93. The molecular formula is C23H32N4O4S2. The standard InChI is InChI=1S/C23H32N4O4S2/c1-13(2)16-9-15(12-24)10-17(14(3)4)18(16)11-20(29)27-33(25,31)21-19(7-8-28)26-22(32-21)23(5,6)30/h9-10,13-14,28,30H,7-8,11H2,1-6H3,(H2,25,27,29,31). The number of rotatable bonds is 8. The van der Waals surface area contributed by atoms with E-state index in [0.717, 1.165) is 28.0 Å². The summed E-state index contributed by atoms with van der Waals surface area (Å²) in [6.45, 7) is 10.7. The van der Waals surface area contributed by atoms with Crippen molar-refractivity contribution in [3.63, 3.8) is 0 Å². The lowest BCUT2D eigenvalue weighted by Gasteiger charge is -2.19. The molecule has 0 bridgehead atoms. The number of nitriles is 1. The van der Waals surface area contributed by atoms with Crippen molar-refractivity contribution in [1.29, 1.82) is 5.26 Å². The summed E-state index contributed by atoms with van der Waals surface area (Å²) in [4.78, 5) is 17.2. The molecule has 0 fully saturated rings. The van der Waals surface area contributed by atoms with Crippen molar-refractivity contribution in [2.45, 2.75) is 76.0 Å². The van der Waals surface area contributed by atoms with Gasteiger partial charge in [-0.15, -0.1) is 15.7 Å². The largest absolute Gasteiger partial charge is 0.396 e. The minimum Gasteiger partial charge on any atom is -0.396 e. The van der Waals surface area contributed by atoms with E-state index in [9.17, 15) is 24.5 Å². The summed E-state index contributed by atoms with van der Waals surface area (Å²) < 4.78 is 17.3. The molecule has 0 aliphatic rings. The number of carbonyl (C=O) groups excluding carboxylic acids is 1. The van der Waals surface area contributed by atoms with E-state index in [1.54, 1.807) is 12.1 Å². The van der Waals surface area contributed by atoms with Crippen molar-refractivity contribution in [3.8, 4) is 6.07 Å². The van der Waals surface area contributed by atoms with E-state index in [1.807, 2.05) is 27.7 Å². The summed E-state index contributed by atoms with van der Waals surface area (Å²) in [7, 11) is -3.64. The third-order valence-corrected chi connectivity index (χ3v) is 8.47. The molecule has 33 heavy (non-hydrogen) atoms. The molecule has 1 aromatic heterocycles. The Hall–Kier alpha value is -2.16. The molecule has 180 valence electrons. The molecule has 2 rings (SSSR count). The molecule has 1 aromatic carbocycles. The molecule has 0 spiro atoms. The third-order valence-electron chi connectivity index (χ3n) is 5.06. The number of hydrogen-bond acceptors (Lipinski definition) is 7. The van der Waals surface area contributed by atoms with E-state index in [2.05, 4.69) is 15.4 Å². The molecule has 1 heterocycles. The first-order valence-corrected chi connectivity index (χ1v) is 13.1. The first kappa shape index (κ1) is 27.1. The Bertz CT molecular complexity index is 1170. The van der Waals surface area contributed by atoms with Crippen LogP contribution in [0.25, 0.3) is 0 Å². The summed E-state index contributed by atoms with van der Waals surface area (Å²) in [5.74, 6) is -0.523. The van der Waals surface area contributed by atoms with Crippen molar-refractivity contribution < 1.29 is 19.2 Å². The average molecular weight is 493 g/mol. The Kier molecular flexibility index (Phi) is 8.54. The number of amides is 1. The SMILES string of the molecule is CC(C)c1cc(C#N)cc(C(C)C)c1CC(=O)N=S(N)(=O)c1sc(C(C)(C)O)nc1CCO. The molecule has 0 aliphatic carbocycles. The van der Waals surface area contributed by atoms with Crippen LogP contribution in [0.2, 0.25) is 0 Å². The van der Waals surface area contributed by atoms with Gasteiger partial charge in [0.15, 0.2) is 9.92 Å². The highest BCUT2D eigenvalue weighted by atomic mass is 32.2. The topological polar surface area (TPSA) is 150 Å². The molecule has 0 aliphatic heterocycles. The maximum absolute atomic E-state index is 13.3. The van der Waals surface area contributed by atoms with Crippen LogP contribution >= 0.6 is 11.3 Å². The van der Waals surface area contributed by atoms with Gasteiger partial charge in [0.2, 0.25) is 0 Å². The summed E-state index contributed by atoms with van der Waals surface area (Å²) in [5.41, 5.74) is 1.98. The van der Waals surface area contributed by atoms with Gasteiger partial charge in [-0.05, 0) is 54.5 Å². The van der Waals surface area contributed by atoms with E-state index in [1.165, 1.54) is 13.8 Å². The Labute approximate surface area is 199 Å². The molecule has 2 aromatic rings. The zero-order chi connectivity index (χ0) is 25.1. The smallest absolute Gasteiger partial charge is 0.259 e. The van der Waals surface area contributed by atoms with Gasteiger partial charge in [0.25, 0.3) is 5.91 Å². The minimum absolute atomic E-state index is 0.0628. The maximum atomic E-state index is 13.3. The number of aromatic nitrogens is 1. The fourth-order valence-electron chi connectivity index (χ4n) is 3.48. The van der Waals surface area contributed by atoms with Crippen molar-refractivity contribution in [2.75, 3.05) is 6.61 Å². The van der Waals surface area contributed by atoms with Gasteiger partial charge in [0.05, 0.1) is 23.7 Å². The molecule has 10 heteroatoms. The van der Waals surface area contributed by atoms with Crippen molar-refractivity contribution in [1.82, 2.24) is 4.98 Å². The molecular weight excluding hydrogens is 460 g/mol. The predicted molar refractivity (Wildman–Crippen MR) is 129 cm³/mol. The Balaban J connectivity index is 2.57. The van der Waals surface area contributed by atoms with Crippen molar-refractivity contribution in [2.24, 2.45) is 9.50 Å². The molecule has 1 unspecified atom stereocenters. The predicted octanol–water partition coefficient (Wildman–Crippen LogP) is 3.49. The second kappa shape index (κ2) is 10.4. The van der Waals surface area contributed by atoms with Crippen LogP contribution in [-0.4, -0.2) is 31.9 Å². The number of thiazole rings is 1. The second-order valence-electron chi connectivity index (χ2n) is 9.07. The van der Waals surface area contributed by atoms with Crippen LogP contribution in [0, 0.1) is 11.3 Å². The van der Waals surface area contributed by atoms with Crippen LogP contribution < -0.4 is 5.14 Å². The number of hydrogen-bond donors (Lipinski definition) is 3. The molecule has 0 radical (unpaired) electrons. The van der Waals surface area contributed by atoms with Crippen LogP contribution in [0.1, 0.15) is 86.3 Å². The van der Waals surface area contributed by atoms with Crippen molar-refractivity contribution >= 4 is 27.2 Å². The quantitative estimate of drug-likeness (QED) is 0.513. The first-order chi connectivity index (χ1) is 15.2. The maximum Gasteiger partial charge on any atom is 0.259 e. The summed E-state index contributed by atoms with van der Waals surface area (Å²) in [5, 5.41) is 35.3. The molecule has 0 saturated heterocycles. The summed E-state index contributed by atoms with van der Waals surface area (Å²) in [6.07, 6.45) is -0.0299. The molecule has 4 N–H and O–H groups in total. The zero-order valence-corrected chi connectivity index (χ0v) is 21.5. The lowest BCUT2D eigenvalue weighted by Crippen LogP contribution is -2.17. The molecule has 8 nitrogen and oxygen atoms in total. The normalized spacial score (nSPS) is 13.8. The monoisotopic (exact) mass is 492 g/mol. The van der Waals surface area contributed by atoms with Gasteiger partial charge >= 0.3 is 0 Å². The number of benzene rings is 1. The average Bonchev–Trinajstić information content (AvgIpc) is 3.13. The third kappa shape index (κ3) is 6.46. The lowest BCUT2D eigenvalue weighted by atomic mass is 9.85. The summed E-state index contributed by atoms with van der Waals surface area (Å²) in [6, 6.07) is 5.72. The molecule has 1 atom stereocenters. The Morgan fingerprint density at radius 3 is 2.24 bits per heavy atom. The summed E-state index contributed by atoms with van der Waals surface area (Å²) >= 11 is 0.928. The minimum atomic E-state index is -3.64. The number of carbonyl (C=O) groups is 1. The Morgan fingerprint density at radius 1 is 1.27 bits per heavy atom. The zero-order valence-electron chi connectivity index (χ0n) is 19.9. The van der Waals surface area contributed by atoms with Gasteiger partial charge in [-0.25, -0.2) is 14.3 Å². The second-order valence-corrected chi connectivity index (χ2v) is 12.1. The van der Waals surface area contributed by atoms with Crippen molar-refractivity contribution in [3.05, 3.63) is 45.1 Å². The van der Waals surface area contributed by atoms with Gasteiger partial charge in [-0.3, -0.25) is 4.79 Å². The Morgan fingerprint density at radius 2 is 1.82 bits per heavy atom. The van der Waals surface area contributed by atoms with Gasteiger partial charge in [-0.2, -0.15) is 5.26 Å². The van der Waals surface area contributed by atoms with E-state index < -0.39 is 21.4 Å². The fraction of sp³-hybridized carbons (Fsp3) is 0.522. The highest BCUT2D eigenvalue weighted by Crippen LogP contribution is 2.33. The van der Waals surface area contributed by atoms with E-state index in [-0.39, 0.29) is 46.2 Å². The first-order valence-electron chi connectivity index (χ1n) is 10.7. The number of nitrogens with zero attached hydrogens (tertiary/aromatic N) is 3. The van der Waals surface area contributed by atoms with Crippen LogP contribution in [0.4, 0.5) is 0 Å². The number of nitrogens with two attached hydrogens (primary N) is 1. The number of aliphatic hydroxyl groups excluding tert-OH is 1. The highest BCUT2D eigenvalue weighted by Gasteiger charge is 2.28. The van der Waals surface area contributed by atoms with E-state index in [0.29, 0.717) is 5.56 Å². The van der Waals surface area contributed by atoms with Gasteiger partial charge in [0.1, 0.15) is 14.8 Å². The van der Waals surface area contributed by atoms with Gasteiger partial charge in [0, 0.05) is 13.0 Å².